The topological polar surface area (TPSA) is 44.8 Å². The Morgan fingerprint density at radius 1 is 1.07 bits per heavy atom. The van der Waals surface area contributed by atoms with Crippen molar-refractivity contribution in [2.45, 2.75) is 83.2 Å². The van der Waals surface area contributed by atoms with Gasteiger partial charge in [0.15, 0.2) is 0 Å². The molecule has 29 heavy (non-hydrogen) atoms. The van der Waals surface area contributed by atoms with Crippen molar-refractivity contribution in [2.75, 3.05) is 6.61 Å². The standard InChI is InChI=1S/C24H35BO4/c1-23(2)24(3,4)29-25(28-23)21-18-20(21)16-10-7-5-6-8-13-17-27-22(26)19-14-11-9-12-15-19/h9-12,14-16,20-21H,5-8,13,17-18H2,1-4H3/b16-10+/t20-,21-/m0/s1. The fourth-order valence-electron chi connectivity index (χ4n) is 3.64. The molecule has 1 aromatic rings. The normalized spacial score (nSPS) is 24.8. The first-order valence-corrected chi connectivity index (χ1v) is 11.0. The number of hydrogen-bond acceptors (Lipinski definition) is 4. The molecule has 5 heteroatoms. The summed E-state index contributed by atoms with van der Waals surface area (Å²) in [6.07, 6.45) is 11.3. The van der Waals surface area contributed by atoms with E-state index in [2.05, 4.69) is 39.8 Å². The van der Waals surface area contributed by atoms with Crippen molar-refractivity contribution in [3.63, 3.8) is 0 Å². The summed E-state index contributed by atoms with van der Waals surface area (Å²) in [5.41, 5.74) is 0.157. The Balaban J connectivity index is 1.21. The van der Waals surface area contributed by atoms with Crippen LogP contribution in [0.15, 0.2) is 42.5 Å². The first-order chi connectivity index (χ1) is 13.8. The van der Waals surface area contributed by atoms with Crippen LogP contribution in [0.2, 0.25) is 5.82 Å². The minimum absolute atomic E-state index is 0.0618. The highest BCUT2D eigenvalue weighted by Crippen LogP contribution is 2.53. The number of unbranched alkanes of at least 4 members (excludes halogenated alkanes) is 4. The van der Waals surface area contributed by atoms with Crippen molar-refractivity contribution in [1.29, 1.82) is 0 Å². The molecule has 0 amide bonds. The Kier molecular flexibility index (Phi) is 7.23. The molecule has 3 rings (SSSR count). The summed E-state index contributed by atoms with van der Waals surface area (Å²) in [5, 5.41) is 0. The van der Waals surface area contributed by atoms with Gasteiger partial charge in [0.25, 0.3) is 0 Å². The van der Waals surface area contributed by atoms with E-state index in [1.54, 1.807) is 12.1 Å². The average Bonchev–Trinajstić information content (AvgIpc) is 3.41. The summed E-state index contributed by atoms with van der Waals surface area (Å²) >= 11 is 0. The maximum absolute atomic E-state index is 11.8. The average molecular weight is 398 g/mol. The Morgan fingerprint density at radius 3 is 2.41 bits per heavy atom. The largest absolute Gasteiger partial charge is 0.462 e. The van der Waals surface area contributed by atoms with Gasteiger partial charge in [0.1, 0.15) is 0 Å². The molecule has 1 aliphatic heterocycles. The van der Waals surface area contributed by atoms with Crippen LogP contribution in [0.25, 0.3) is 0 Å². The van der Waals surface area contributed by atoms with E-state index >= 15 is 0 Å². The number of allylic oxidation sites excluding steroid dienone is 2. The summed E-state index contributed by atoms with van der Waals surface area (Å²) in [6, 6.07) is 9.16. The third-order valence-corrected chi connectivity index (χ3v) is 6.40. The predicted octanol–water partition coefficient (Wildman–Crippen LogP) is 5.83. The number of carbonyl (C=O) groups excluding carboxylic acids is 1. The molecule has 1 heterocycles. The van der Waals surface area contributed by atoms with Crippen LogP contribution in [-0.4, -0.2) is 30.9 Å². The van der Waals surface area contributed by atoms with E-state index in [0.717, 1.165) is 19.3 Å². The van der Waals surface area contributed by atoms with Crippen LogP contribution >= 0.6 is 0 Å². The summed E-state index contributed by atoms with van der Waals surface area (Å²) in [4.78, 5) is 11.8. The van der Waals surface area contributed by atoms with Gasteiger partial charge in [-0.25, -0.2) is 4.79 Å². The van der Waals surface area contributed by atoms with Gasteiger partial charge in [0.05, 0.1) is 23.4 Å². The number of ether oxygens (including phenoxy) is 1. The third kappa shape index (κ3) is 5.96. The minimum Gasteiger partial charge on any atom is -0.462 e. The molecule has 158 valence electrons. The quantitative estimate of drug-likeness (QED) is 0.215. The third-order valence-electron chi connectivity index (χ3n) is 6.40. The molecule has 0 aromatic heterocycles. The molecular formula is C24H35BO4. The van der Waals surface area contributed by atoms with Crippen molar-refractivity contribution in [3.8, 4) is 0 Å². The maximum Gasteiger partial charge on any atom is 0.461 e. The number of esters is 1. The zero-order valence-corrected chi connectivity index (χ0v) is 18.4. The van der Waals surface area contributed by atoms with E-state index in [4.69, 9.17) is 14.0 Å². The smallest absolute Gasteiger partial charge is 0.461 e. The van der Waals surface area contributed by atoms with Crippen molar-refractivity contribution >= 4 is 13.1 Å². The molecule has 2 aliphatic rings. The number of benzene rings is 1. The van der Waals surface area contributed by atoms with E-state index in [1.807, 2.05) is 18.2 Å². The highest BCUT2D eigenvalue weighted by molar-refractivity contribution is 6.48. The first-order valence-electron chi connectivity index (χ1n) is 11.0. The van der Waals surface area contributed by atoms with Gasteiger partial charge in [0, 0.05) is 5.82 Å². The molecule has 4 nitrogen and oxygen atoms in total. The van der Waals surface area contributed by atoms with Gasteiger partial charge in [-0.15, -0.1) is 0 Å². The summed E-state index contributed by atoms with van der Waals surface area (Å²) in [5.74, 6) is 0.878. The lowest BCUT2D eigenvalue weighted by atomic mass is 9.80. The fourth-order valence-corrected chi connectivity index (χ4v) is 3.64. The molecule has 1 aliphatic carbocycles. The van der Waals surface area contributed by atoms with Gasteiger partial charge < -0.3 is 14.0 Å². The maximum atomic E-state index is 11.8. The number of carbonyl (C=O) groups is 1. The highest BCUT2D eigenvalue weighted by atomic mass is 16.7. The van der Waals surface area contributed by atoms with Crippen LogP contribution in [0.3, 0.4) is 0 Å². The van der Waals surface area contributed by atoms with E-state index in [9.17, 15) is 4.79 Å². The lowest BCUT2D eigenvalue weighted by Crippen LogP contribution is -2.41. The zero-order chi connectivity index (χ0) is 20.9. The Bertz CT molecular complexity index is 682. The molecule has 0 N–H and O–H groups in total. The van der Waals surface area contributed by atoms with Gasteiger partial charge >= 0.3 is 13.1 Å². The summed E-state index contributed by atoms with van der Waals surface area (Å²) in [7, 11) is -0.0618. The Labute approximate surface area is 176 Å². The predicted molar refractivity (Wildman–Crippen MR) is 117 cm³/mol. The lowest BCUT2D eigenvalue weighted by Gasteiger charge is -2.32. The molecule has 1 saturated carbocycles. The number of hydrogen-bond donors (Lipinski definition) is 0. The van der Waals surface area contributed by atoms with Gasteiger partial charge in [-0.2, -0.15) is 0 Å². The SMILES string of the molecule is CC1(C)OB([C@H]2C[C@@H]2/C=C/CCCCCCOC(=O)c2ccccc2)OC1(C)C. The summed E-state index contributed by atoms with van der Waals surface area (Å²) < 4.78 is 17.6. The molecule has 0 bridgehead atoms. The van der Waals surface area contributed by atoms with Gasteiger partial charge in [0.2, 0.25) is 0 Å². The zero-order valence-electron chi connectivity index (χ0n) is 18.4. The van der Waals surface area contributed by atoms with E-state index in [1.165, 1.54) is 19.3 Å². The van der Waals surface area contributed by atoms with Crippen LogP contribution in [0.1, 0.15) is 76.6 Å². The molecule has 1 aromatic carbocycles. The molecule has 0 spiro atoms. The molecule has 0 radical (unpaired) electrons. The van der Waals surface area contributed by atoms with E-state index in [0.29, 0.717) is 23.9 Å². The van der Waals surface area contributed by atoms with E-state index in [-0.39, 0.29) is 24.3 Å². The first kappa shape index (κ1) is 22.1. The van der Waals surface area contributed by atoms with Crippen molar-refractivity contribution in [3.05, 3.63) is 48.0 Å². The second-order valence-corrected chi connectivity index (χ2v) is 9.32. The molecule has 2 fully saturated rings. The second kappa shape index (κ2) is 9.48. The second-order valence-electron chi connectivity index (χ2n) is 9.32. The van der Waals surface area contributed by atoms with Crippen LogP contribution < -0.4 is 0 Å². The molecular weight excluding hydrogens is 363 g/mol. The lowest BCUT2D eigenvalue weighted by molar-refractivity contribution is 0.00578. The number of rotatable bonds is 10. The van der Waals surface area contributed by atoms with Crippen molar-refractivity contribution < 1.29 is 18.8 Å². The molecule has 0 unspecified atom stereocenters. The minimum atomic E-state index is -0.232. The Morgan fingerprint density at radius 2 is 1.72 bits per heavy atom. The van der Waals surface area contributed by atoms with Gasteiger partial charge in [-0.3, -0.25) is 0 Å². The Hall–Kier alpha value is -1.59. The van der Waals surface area contributed by atoms with Crippen LogP contribution in [0.4, 0.5) is 0 Å². The highest BCUT2D eigenvalue weighted by Gasteiger charge is 2.58. The van der Waals surface area contributed by atoms with Gasteiger partial charge in [-0.05, 0) is 71.4 Å². The molecule has 2 atom stereocenters. The van der Waals surface area contributed by atoms with Crippen LogP contribution in [-0.2, 0) is 14.0 Å². The van der Waals surface area contributed by atoms with Crippen molar-refractivity contribution in [2.24, 2.45) is 5.92 Å². The van der Waals surface area contributed by atoms with E-state index < -0.39 is 0 Å². The summed E-state index contributed by atoms with van der Waals surface area (Å²) in [6.45, 7) is 8.96. The van der Waals surface area contributed by atoms with Crippen LogP contribution in [0, 0.1) is 5.92 Å². The molecule has 1 saturated heterocycles. The fraction of sp³-hybridized carbons (Fsp3) is 0.625. The van der Waals surface area contributed by atoms with Crippen LogP contribution in [0.5, 0.6) is 0 Å². The van der Waals surface area contributed by atoms with Crippen molar-refractivity contribution in [1.82, 2.24) is 0 Å². The van der Waals surface area contributed by atoms with Gasteiger partial charge in [-0.1, -0.05) is 43.2 Å². The monoisotopic (exact) mass is 398 g/mol.